The number of hydrogen-bond donors (Lipinski definition) is 1. The standard InChI is InChI=1S/C11H17NS/c1-2-4-10(12-9-6-7-9)11-5-3-8-13-11/h3,5,8-10,12H,2,4,6-7H2,1H3. The molecule has 2 heteroatoms. The molecule has 1 fully saturated rings. The molecule has 1 aliphatic carbocycles. The lowest BCUT2D eigenvalue weighted by atomic mass is 10.1. The Balaban J connectivity index is 1.95. The van der Waals surface area contributed by atoms with E-state index in [0.29, 0.717) is 6.04 Å². The Bertz CT molecular complexity index is 239. The third-order valence-corrected chi connectivity index (χ3v) is 3.46. The molecular weight excluding hydrogens is 178 g/mol. The summed E-state index contributed by atoms with van der Waals surface area (Å²) < 4.78 is 0. The normalized spacial score (nSPS) is 18.8. The molecule has 2 rings (SSSR count). The first-order chi connectivity index (χ1) is 6.40. The highest BCUT2D eigenvalue weighted by molar-refractivity contribution is 7.10. The fourth-order valence-corrected chi connectivity index (χ4v) is 2.44. The topological polar surface area (TPSA) is 12.0 Å². The van der Waals surface area contributed by atoms with Crippen molar-refractivity contribution in [3.63, 3.8) is 0 Å². The number of thiophene rings is 1. The second-order valence-electron chi connectivity index (χ2n) is 3.80. The SMILES string of the molecule is CCCC(NC1CC1)c1cccs1. The van der Waals surface area contributed by atoms with E-state index < -0.39 is 0 Å². The van der Waals surface area contributed by atoms with Crippen LogP contribution in [-0.2, 0) is 0 Å². The average molecular weight is 195 g/mol. The molecule has 1 aromatic heterocycles. The van der Waals surface area contributed by atoms with Crippen molar-refractivity contribution in [2.75, 3.05) is 0 Å². The van der Waals surface area contributed by atoms with Gasteiger partial charge in [0.05, 0.1) is 0 Å². The third-order valence-electron chi connectivity index (χ3n) is 2.48. The second-order valence-corrected chi connectivity index (χ2v) is 4.78. The zero-order chi connectivity index (χ0) is 9.10. The average Bonchev–Trinajstić information content (AvgIpc) is 2.80. The highest BCUT2D eigenvalue weighted by atomic mass is 32.1. The summed E-state index contributed by atoms with van der Waals surface area (Å²) >= 11 is 1.88. The Labute approximate surface area is 84.2 Å². The lowest BCUT2D eigenvalue weighted by molar-refractivity contribution is 0.498. The molecule has 1 N–H and O–H groups in total. The van der Waals surface area contributed by atoms with Gasteiger partial charge < -0.3 is 5.32 Å². The lowest BCUT2D eigenvalue weighted by Crippen LogP contribution is -2.22. The maximum absolute atomic E-state index is 3.70. The van der Waals surface area contributed by atoms with Crippen molar-refractivity contribution < 1.29 is 0 Å². The van der Waals surface area contributed by atoms with E-state index in [-0.39, 0.29) is 0 Å². The van der Waals surface area contributed by atoms with Gasteiger partial charge in [0.25, 0.3) is 0 Å². The third kappa shape index (κ3) is 2.55. The van der Waals surface area contributed by atoms with Crippen LogP contribution in [0.15, 0.2) is 17.5 Å². The summed E-state index contributed by atoms with van der Waals surface area (Å²) in [7, 11) is 0. The van der Waals surface area contributed by atoms with E-state index in [2.05, 4.69) is 29.8 Å². The van der Waals surface area contributed by atoms with Crippen molar-refractivity contribution in [1.82, 2.24) is 5.32 Å². The highest BCUT2D eigenvalue weighted by Gasteiger charge is 2.25. The van der Waals surface area contributed by atoms with Crippen LogP contribution in [0.3, 0.4) is 0 Å². The lowest BCUT2D eigenvalue weighted by Gasteiger charge is -2.15. The van der Waals surface area contributed by atoms with Gasteiger partial charge in [-0.15, -0.1) is 11.3 Å². The molecule has 1 aromatic rings. The Hall–Kier alpha value is -0.340. The predicted octanol–water partition coefficient (Wildman–Crippen LogP) is 3.34. The van der Waals surface area contributed by atoms with Gasteiger partial charge in [-0.3, -0.25) is 0 Å². The maximum Gasteiger partial charge on any atom is 0.0416 e. The van der Waals surface area contributed by atoms with E-state index in [9.17, 15) is 0 Å². The fourth-order valence-electron chi connectivity index (χ4n) is 1.62. The van der Waals surface area contributed by atoms with Crippen LogP contribution in [0.5, 0.6) is 0 Å². The molecule has 13 heavy (non-hydrogen) atoms. The molecule has 0 spiro atoms. The number of rotatable bonds is 5. The molecule has 0 radical (unpaired) electrons. The summed E-state index contributed by atoms with van der Waals surface area (Å²) in [6, 6.07) is 5.84. The van der Waals surface area contributed by atoms with Gasteiger partial charge in [0.2, 0.25) is 0 Å². The van der Waals surface area contributed by atoms with Gasteiger partial charge in [-0.05, 0) is 30.7 Å². The van der Waals surface area contributed by atoms with Crippen molar-refractivity contribution in [1.29, 1.82) is 0 Å². The summed E-state index contributed by atoms with van der Waals surface area (Å²) in [6.45, 7) is 2.26. The fraction of sp³-hybridized carbons (Fsp3) is 0.636. The van der Waals surface area contributed by atoms with E-state index in [1.165, 1.54) is 30.6 Å². The molecule has 1 unspecified atom stereocenters. The zero-order valence-electron chi connectivity index (χ0n) is 8.12. The van der Waals surface area contributed by atoms with Gasteiger partial charge >= 0.3 is 0 Å². The van der Waals surface area contributed by atoms with Gasteiger partial charge in [0, 0.05) is 17.0 Å². The van der Waals surface area contributed by atoms with Gasteiger partial charge in [-0.1, -0.05) is 19.4 Å². The van der Waals surface area contributed by atoms with Crippen LogP contribution in [0.25, 0.3) is 0 Å². The smallest absolute Gasteiger partial charge is 0.0416 e. The van der Waals surface area contributed by atoms with Crippen molar-refractivity contribution in [2.45, 2.75) is 44.7 Å². The van der Waals surface area contributed by atoms with Gasteiger partial charge in [0.1, 0.15) is 0 Å². The highest BCUT2D eigenvalue weighted by Crippen LogP contribution is 2.28. The second kappa shape index (κ2) is 4.25. The summed E-state index contributed by atoms with van der Waals surface area (Å²) in [6.07, 6.45) is 5.30. The van der Waals surface area contributed by atoms with Crippen molar-refractivity contribution in [3.8, 4) is 0 Å². The molecule has 1 atom stereocenters. The van der Waals surface area contributed by atoms with E-state index in [4.69, 9.17) is 0 Å². The summed E-state index contributed by atoms with van der Waals surface area (Å²) in [5.74, 6) is 0. The first-order valence-electron chi connectivity index (χ1n) is 5.19. The van der Waals surface area contributed by atoms with Crippen molar-refractivity contribution >= 4 is 11.3 Å². The Morgan fingerprint density at radius 3 is 3.00 bits per heavy atom. The quantitative estimate of drug-likeness (QED) is 0.760. The maximum atomic E-state index is 3.70. The summed E-state index contributed by atoms with van der Waals surface area (Å²) in [5.41, 5.74) is 0. The predicted molar refractivity (Wildman–Crippen MR) is 58.1 cm³/mol. The molecule has 1 aliphatic rings. The molecular formula is C11H17NS. The molecule has 0 aliphatic heterocycles. The van der Waals surface area contributed by atoms with Crippen molar-refractivity contribution in [2.24, 2.45) is 0 Å². The van der Waals surface area contributed by atoms with E-state index in [0.717, 1.165) is 6.04 Å². The molecule has 0 bridgehead atoms. The van der Waals surface area contributed by atoms with Crippen molar-refractivity contribution in [3.05, 3.63) is 22.4 Å². The van der Waals surface area contributed by atoms with Crippen LogP contribution in [0.1, 0.15) is 43.5 Å². The van der Waals surface area contributed by atoms with E-state index >= 15 is 0 Å². The molecule has 72 valence electrons. The Morgan fingerprint density at radius 1 is 1.62 bits per heavy atom. The largest absolute Gasteiger partial charge is 0.306 e. The molecule has 1 saturated carbocycles. The van der Waals surface area contributed by atoms with Gasteiger partial charge in [-0.2, -0.15) is 0 Å². The molecule has 1 heterocycles. The Morgan fingerprint density at radius 2 is 2.46 bits per heavy atom. The van der Waals surface area contributed by atoms with Crippen LogP contribution < -0.4 is 5.32 Å². The summed E-state index contributed by atoms with van der Waals surface area (Å²) in [5, 5.41) is 5.88. The van der Waals surface area contributed by atoms with Crippen LogP contribution in [0.2, 0.25) is 0 Å². The number of nitrogens with one attached hydrogen (secondary N) is 1. The Kier molecular flexibility index (Phi) is 3.01. The van der Waals surface area contributed by atoms with Crippen LogP contribution in [-0.4, -0.2) is 6.04 Å². The first kappa shape index (κ1) is 9.22. The number of hydrogen-bond acceptors (Lipinski definition) is 2. The molecule has 0 saturated heterocycles. The monoisotopic (exact) mass is 195 g/mol. The van der Waals surface area contributed by atoms with Crippen LogP contribution in [0, 0.1) is 0 Å². The first-order valence-corrected chi connectivity index (χ1v) is 6.07. The zero-order valence-corrected chi connectivity index (χ0v) is 8.94. The van der Waals surface area contributed by atoms with Gasteiger partial charge in [-0.25, -0.2) is 0 Å². The van der Waals surface area contributed by atoms with E-state index in [1.54, 1.807) is 0 Å². The van der Waals surface area contributed by atoms with E-state index in [1.807, 2.05) is 11.3 Å². The minimum absolute atomic E-state index is 0.623. The van der Waals surface area contributed by atoms with Gasteiger partial charge in [0.15, 0.2) is 0 Å². The molecule has 0 amide bonds. The minimum atomic E-state index is 0.623. The molecule has 1 nitrogen and oxygen atoms in total. The minimum Gasteiger partial charge on any atom is -0.306 e. The van der Waals surface area contributed by atoms with Crippen LogP contribution >= 0.6 is 11.3 Å². The molecule has 0 aromatic carbocycles. The summed E-state index contributed by atoms with van der Waals surface area (Å²) in [4.78, 5) is 1.51. The van der Waals surface area contributed by atoms with Crippen LogP contribution in [0.4, 0.5) is 0 Å².